The van der Waals surface area contributed by atoms with Crippen molar-refractivity contribution in [1.29, 1.82) is 0 Å². The van der Waals surface area contributed by atoms with Crippen molar-refractivity contribution in [3.05, 3.63) is 52.9 Å². The summed E-state index contributed by atoms with van der Waals surface area (Å²) in [6, 6.07) is 10.3. The van der Waals surface area contributed by atoms with E-state index in [2.05, 4.69) is 46.8 Å². The molecular formula is C21H32N4O2. The summed E-state index contributed by atoms with van der Waals surface area (Å²) < 4.78 is 11.2. The second kappa shape index (κ2) is 10.7. The number of rotatable bonds is 9. The van der Waals surface area contributed by atoms with E-state index in [0.29, 0.717) is 12.5 Å². The molecular weight excluding hydrogens is 340 g/mol. The molecule has 0 amide bonds. The summed E-state index contributed by atoms with van der Waals surface area (Å²) in [7, 11) is 1.78. The third kappa shape index (κ3) is 6.40. The first-order chi connectivity index (χ1) is 13.0. The first-order valence-corrected chi connectivity index (χ1v) is 9.56. The molecule has 0 aliphatic heterocycles. The Bertz CT molecular complexity index is 693. The lowest BCUT2D eigenvalue weighted by Gasteiger charge is -2.17. The zero-order chi connectivity index (χ0) is 19.6. The van der Waals surface area contributed by atoms with Crippen LogP contribution in [0.4, 0.5) is 0 Å². The number of nitrogens with zero attached hydrogens (tertiary/aromatic N) is 2. The Morgan fingerprint density at radius 1 is 1.19 bits per heavy atom. The number of guanidine groups is 1. The molecule has 2 atom stereocenters. The van der Waals surface area contributed by atoms with Gasteiger partial charge in [0, 0.05) is 38.2 Å². The Morgan fingerprint density at radius 3 is 2.56 bits per heavy atom. The molecule has 1 aromatic carbocycles. The fraction of sp³-hybridized carbons (Fsp3) is 0.524. The monoisotopic (exact) mass is 372 g/mol. The van der Waals surface area contributed by atoms with Crippen LogP contribution in [0, 0.1) is 13.8 Å². The van der Waals surface area contributed by atoms with Crippen LogP contribution in [0.1, 0.15) is 54.9 Å². The lowest BCUT2D eigenvalue weighted by atomic mass is 10.00. The normalized spacial score (nSPS) is 14.0. The van der Waals surface area contributed by atoms with Crippen LogP contribution in [-0.2, 0) is 4.74 Å². The molecule has 6 heteroatoms. The fourth-order valence-corrected chi connectivity index (χ4v) is 3.13. The topological polar surface area (TPSA) is 71.7 Å². The number of aliphatic imine (C=N–C) groups is 1. The number of nitrogens with one attached hydrogen (secondary N) is 2. The van der Waals surface area contributed by atoms with Gasteiger partial charge in [0.1, 0.15) is 5.76 Å². The van der Waals surface area contributed by atoms with Crippen LogP contribution in [0.15, 0.2) is 39.8 Å². The molecule has 0 bridgehead atoms. The first-order valence-electron chi connectivity index (χ1n) is 9.56. The molecule has 0 spiro atoms. The van der Waals surface area contributed by atoms with E-state index in [1.807, 2.05) is 32.0 Å². The van der Waals surface area contributed by atoms with E-state index in [1.165, 1.54) is 11.1 Å². The van der Waals surface area contributed by atoms with Crippen molar-refractivity contribution < 1.29 is 9.26 Å². The molecule has 0 aliphatic carbocycles. The Balaban J connectivity index is 1.66. The highest BCUT2D eigenvalue weighted by Crippen LogP contribution is 2.22. The Labute approximate surface area is 162 Å². The molecule has 0 aliphatic rings. The first kappa shape index (κ1) is 21.0. The maximum Gasteiger partial charge on any atom is 0.190 e. The van der Waals surface area contributed by atoms with Gasteiger partial charge < -0.3 is 19.9 Å². The maximum absolute atomic E-state index is 5.90. The third-order valence-electron chi connectivity index (χ3n) is 4.63. The van der Waals surface area contributed by atoms with Gasteiger partial charge in [0.15, 0.2) is 5.96 Å². The molecule has 0 saturated heterocycles. The predicted octanol–water partition coefficient (Wildman–Crippen LogP) is 3.73. The van der Waals surface area contributed by atoms with Crippen molar-refractivity contribution in [2.24, 2.45) is 4.99 Å². The van der Waals surface area contributed by atoms with Crippen LogP contribution in [0.5, 0.6) is 0 Å². The highest BCUT2D eigenvalue weighted by molar-refractivity contribution is 5.79. The zero-order valence-corrected chi connectivity index (χ0v) is 17.1. The van der Waals surface area contributed by atoms with Crippen molar-refractivity contribution in [3.63, 3.8) is 0 Å². The SMILES string of the molecule is CN=C(NCCCOC(C)c1ccccc1)NCC(C)c1c(C)noc1C. The van der Waals surface area contributed by atoms with Crippen molar-refractivity contribution in [2.45, 2.75) is 46.1 Å². The quantitative estimate of drug-likeness (QED) is 0.399. The maximum atomic E-state index is 5.90. The van der Waals surface area contributed by atoms with Gasteiger partial charge in [-0.15, -0.1) is 0 Å². The molecule has 2 N–H and O–H groups in total. The van der Waals surface area contributed by atoms with Gasteiger partial charge in [-0.25, -0.2) is 0 Å². The lowest BCUT2D eigenvalue weighted by molar-refractivity contribution is 0.0646. The summed E-state index contributed by atoms with van der Waals surface area (Å²) in [6.07, 6.45) is 1.02. The van der Waals surface area contributed by atoms with Crippen LogP contribution < -0.4 is 10.6 Å². The van der Waals surface area contributed by atoms with Crippen molar-refractivity contribution >= 4 is 5.96 Å². The van der Waals surface area contributed by atoms with E-state index in [-0.39, 0.29) is 6.10 Å². The Morgan fingerprint density at radius 2 is 1.93 bits per heavy atom. The van der Waals surface area contributed by atoms with E-state index in [4.69, 9.17) is 9.26 Å². The molecule has 0 saturated carbocycles. The van der Waals surface area contributed by atoms with E-state index in [0.717, 1.165) is 36.9 Å². The van der Waals surface area contributed by atoms with Crippen molar-refractivity contribution in [1.82, 2.24) is 15.8 Å². The minimum Gasteiger partial charge on any atom is -0.374 e. The van der Waals surface area contributed by atoms with Gasteiger partial charge >= 0.3 is 0 Å². The summed E-state index contributed by atoms with van der Waals surface area (Å²) in [5, 5.41) is 10.7. The summed E-state index contributed by atoms with van der Waals surface area (Å²) in [5.74, 6) is 1.98. The van der Waals surface area contributed by atoms with Crippen LogP contribution in [0.3, 0.4) is 0 Å². The number of aryl methyl sites for hydroxylation is 2. The van der Waals surface area contributed by atoms with Gasteiger partial charge in [0.2, 0.25) is 0 Å². The standard InChI is InChI=1S/C21H32N4O2/c1-15(20-16(2)25-27-18(20)4)14-24-21(22-5)23-12-9-13-26-17(3)19-10-7-6-8-11-19/h6-8,10-11,15,17H,9,12-14H2,1-5H3,(H2,22,23,24). The molecule has 2 aromatic rings. The van der Waals surface area contributed by atoms with Gasteiger partial charge in [-0.1, -0.05) is 42.4 Å². The van der Waals surface area contributed by atoms with Crippen molar-refractivity contribution in [2.75, 3.05) is 26.7 Å². The number of hydrogen-bond donors (Lipinski definition) is 2. The molecule has 0 fully saturated rings. The van der Waals surface area contributed by atoms with E-state index >= 15 is 0 Å². The minimum atomic E-state index is 0.111. The molecule has 1 aromatic heterocycles. The average Bonchev–Trinajstić information content (AvgIpc) is 3.02. The van der Waals surface area contributed by atoms with Gasteiger partial charge in [0.25, 0.3) is 0 Å². The molecule has 2 rings (SSSR count). The van der Waals surface area contributed by atoms with Crippen LogP contribution in [0.25, 0.3) is 0 Å². The van der Waals surface area contributed by atoms with E-state index < -0.39 is 0 Å². The molecule has 0 radical (unpaired) electrons. The molecule has 1 heterocycles. The minimum absolute atomic E-state index is 0.111. The van der Waals surface area contributed by atoms with Gasteiger partial charge in [-0.05, 0) is 32.8 Å². The smallest absolute Gasteiger partial charge is 0.190 e. The summed E-state index contributed by atoms with van der Waals surface area (Å²) >= 11 is 0. The van der Waals surface area contributed by atoms with Crippen LogP contribution in [-0.4, -0.2) is 37.9 Å². The number of ether oxygens (including phenoxy) is 1. The highest BCUT2D eigenvalue weighted by atomic mass is 16.5. The Kier molecular flexibility index (Phi) is 8.33. The molecule has 148 valence electrons. The number of hydrogen-bond acceptors (Lipinski definition) is 4. The van der Waals surface area contributed by atoms with Crippen LogP contribution >= 0.6 is 0 Å². The van der Waals surface area contributed by atoms with Crippen LogP contribution in [0.2, 0.25) is 0 Å². The molecule has 6 nitrogen and oxygen atoms in total. The van der Waals surface area contributed by atoms with Gasteiger partial charge in [-0.2, -0.15) is 0 Å². The van der Waals surface area contributed by atoms with E-state index in [1.54, 1.807) is 7.05 Å². The predicted molar refractivity (Wildman–Crippen MR) is 109 cm³/mol. The Hall–Kier alpha value is -2.34. The highest BCUT2D eigenvalue weighted by Gasteiger charge is 2.16. The number of aromatic nitrogens is 1. The summed E-state index contributed by atoms with van der Waals surface area (Å²) in [6.45, 7) is 10.5. The zero-order valence-electron chi connectivity index (χ0n) is 17.1. The summed E-state index contributed by atoms with van der Waals surface area (Å²) in [5.41, 5.74) is 3.33. The van der Waals surface area contributed by atoms with Crippen molar-refractivity contribution in [3.8, 4) is 0 Å². The molecule has 27 heavy (non-hydrogen) atoms. The number of benzene rings is 1. The third-order valence-corrected chi connectivity index (χ3v) is 4.63. The fourth-order valence-electron chi connectivity index (χ4n) is 3.13. The largest absolute Gasteiger partial charge is 0.374 e. The lowest BCUT2D eigenvalue weighted by Crippen LogP contribution is -2.39. The summed E-state index contributed by atoms with van der Waals surface area (Å²) in [4.78, 5) is 4.28. The van der Waals surface area contributed by atoms with Gasteiger partial charge in [-0.3, -0.25) is 4.99 Å². The second-order valence-electron chi connectivity index (χ2n) is 6.80. The molecule has 2 unspecified atom stereocenters. The van der Waals surface area contributed by atoms with E-state index in [9.17, 15) is 0 Å². The van der Waals surface area contributed by atoms with Gasteiger partial charge in [0.05, 0.1) is 11.8 Å². The second-order valence-corrected chi connectivity index (χ2v) is 6.80. The average molecular weight is 373 g/mol.